The van der Waals surface area contributed by atoms with Gasteiger partial charge in [-0.15, -0.1) is 11.3 Å². The molecule has 0 aliphatic carbocycles. The number of methoxy groups -OCH3 is 2. The molecule has 125 heavy (non-hydrogen) atoms. The van der Waals surface area contributed by atoms with Crippen molar-refractivity contribution in [1.82, 2.24) is 71.1 Å². The summed E-state index contributed by atoms with van der Waals surface area (Å²) < 4.78 is 31.4. The second kappa shape index (κ2) is 51.4. The number of primary amides is 1. The first kappa shape index (κ1) is 102. The molecule has 2 aromatic heterocycles. The number of hydrogen-bond donors (Lipinski definition) is 9. The number of aryl methyl sites for hydroxylation is 1. The van der Waals surface area contributed by atoms with E-state index in [2.05, 4.69) is 59.0 Å². The van der Waals surface area contributed by atoms with E-state index in [9.17, 15) is 57.5 Å². The molecule has 2 aliphatic heterocycles. The Morgan fingerprint density at radius 3 is 1.99 bits per heavy atom. The van der Waals surface area contributed by atoms with Crippen molar-refractivity contribution < 1.29 is 86.3 Å². The number of carbonyl (C=O) groups is 12. The predicted octanol–water partition coefficient (Wildman–Crippen LogP) is 7.63. The molecule has 2 fully saturated rings. The van der Waals surface area contributed by atoms with Gasteiger partial charge in [0.2, 0.25) is 53.2 Å². The summed E-state index contributed by atoms with van der Waals surface area (Å²) in [6, 6.07) is 19.3. The molecule has 0 bridgehead atoms. The third-order valence-electron chi connectivity index (χ3n) is 23.6. The minimum atomic E-state index is -1.21. The zero-order valence-corrected chi connectivity index (χ0v) is 76.3. The van der Waals surface area contributed by atoms with E-state index in [-0.39, 0.29) is 133 Å². The van der Waals surface area contributed by atoms with Crippen LogP contribution in [0.25, 0.3) is 10.9 Å². The van der Waals surface area contributed by atoms with Crippen molar-refractivity contribution in [1.29, 1.82) is 0 Å². The summed E-state index contributed by atoms with van der Waals surface area (Å²) in [7, 11) is 9.94. The second-order valence-electron chi connectivity index (χ2n) is 33.5. The van der Waals surface area contributed by atoms with Crippen LogP contribution in [0, 0.1) is 29.6 Å². The molecule has 2 aliphatic rings. The van der Waals surface area contributed by atoms with E-state index < -0.39 is 120 Å². The molecule has 12 amide bonds. The van der Waals surface area contributed by atoms with Crippen LogP contribution in [0.15, 0.2) is 96.5 Å². The van der Waals surface area contributed by atoms with Crippen LogP contribution in [-0.2, 0) is 97.7 Å². The van der Waals surface area contributed by atoms with Crippen molar-refractivity contribution in [3.63, 3.8) is 0 Å². The number of nitrogens with two attached hydrogens (primary N) is 1. The number of ether oxygens (including phenoxy) is 5. The molecule has 11 atom stereocenters. The Balaban J connectivity index is 0.925. The van der Waals surface area contributed by atoms with Crippen LogP contribution >= 0.6 is 11.3 Å². The molecule has 2 saturated heterocycles. The Hall–Kier alpha value is -10.2. The molecule has 4 heterocycles. The van der Waals surface area contributed by atoms with Gasteiger partial charge in [-0.1, -0.05) is 129 Å². The number of hydrogen-bond acceptors (Lipinski definition) is 21. The first-order chi connectivity index (χ1) is 59.7. The average molecular weight is 1760 g/mol. The molecule has 0 saturated carbocycles. The fraction of sp³-hybridized carbons (Fsp3) is 0.611. The summed E-state index contributed by atoms with van der Waals surface area (Å²) in [5.41, 5.74) is 12.4. The Labute approximate surface area is 739 Å². The molecule has 3 aromatic carbocycles. The molecule has 7 rings (SSSR count). The fourth-order valence-electron chi connectivity index (χ4n) is 16.4. The summed E-state index contributed by atoms with van der Waals surface area (Å²) >= 11 is 1.46. The van der Waals surface area contributed by atoms with Gasteiger partial charge < -0.3 is 90.6 Å². The van der Waals surface area contributed by atoms with Gasteiger partial charge in [0.1, 0.15) is 35.8 Å². The summed E-state index contributed by atoms with van der Waals surface area (Å²) in [5.74, 6) is -7.02. The molecule has 34 nitrogen and oxygen atoms in total. The van der Waals surface area contributed by atoms with Crippen molar-refractivity contribution >= 4 is 99.2 Å². The lowest BCUT2D eigenvalue weighted by Crippen LogP contribution is -2.60. The van der Waals surface area contributed by atoms with Gasteiger partial charge in [-0.2, -0.15) is 0 Å². The number of nitrogens with one attached hydrogen (secondary N) is 7. The quantitative estimate of drug-likeness (QED) is 0.0133. The summed E-state index contributed by atoms with van der Waals surface area (Å²) in [6.07, 6.45) is 2.53. The number of hydrazine groups is 1. The van der Waals surface area contributed by atoms with Crippen LogP contribution in [0.2, 0.25) is 0 Å². The standard InChI is InChI=1S/C90H136N16O18S/c1-16-60(8)81(72(120-14)54-76(110)106-42-23-29-71(106)82(121-15)61(9)83(113)97-69(87-93-41-51-125-87)52-62-24-18-17-19-25-62)101(12)88(117)79(58(4)5)99-86(116)80(59(6)7)102(13)90(119)124-56-63-30-32-65(33-31-63)95-84(114)68(27-22-40-94-89(91)118)96-85(115)78(57(2)3)98-73(107)34-35-75(109)105(46-48-123-50-49-122-47-39-77(111)112)66-36-43-103(44-37-66)74(108)38-45-104-67(55-100(11)92-10)53-64-26-20-21-28-70(64)104/h17-21,24-26,28,30-33,41,51,53,57-61,66,68-69,71-72,78-82,92H,16,22-23,27,29,34-40,42-50,52,54-56H2,1-15H3,(H,95,114)(H,96,115)(H,97,113)(H,98,107)(H,99,116)(H,111,112)(H3,91,94,118)/t60-,61+,68-,69-,71-,72+,78-,79-,80-,81-,82+/m0/s1. The maximum atomic E-state index is 15.0. The van der Waals surface area contributed by atoms with Crippen LogP contribution in [0.3, 0.4) is 0 Å². The normalized spacial score (nSPS) is 16.1. The minimum Gasteiger partial charge on any atom is -0.481 e. The number of likely N-dealkylation sites (tertiary alicyclic amines) is 2. The highest BCUT2D eigenvalue weighted by Gasteiger charge is 2.45. The number of amides is 12. The number of carboxylic acid groups (broad SMARTS) is 1. The Morgan fingerprint density at radius 1 is 0.688 bits per heavy atom. The summed E-state index contributed by atoms with van der Waals surface area (Å²) in [5, 5.41) is 31.7. The number of rotatable bonds is 52. The fourth-order valence-corrected chi connectivity index (χ4v) is 17.1. The van der Waals surface area contributed by atoms with Crippen LogP contribution in [0.1, 0.15) is 167 Å². The second-order valence-corrected chi connectivity index (χ2v) is 34.4. The molecule has 690 valence electrons. The van der Waals surface area contributed by atoms with Gasteiger partial charge in [0.15, 0.2) is 0 Å². The first-order valence-corrected chi connectivity index (χ1v) is 44.6. The number of aliphatic carboxylic acids is 1. The monoisotopic (exact) mass is 1760 g/mol. The number of fused-ring (bicyclic) bond motifs is 1. The Bertz CT molecular complexity index is 4280. The number of benzene rings is 3. The van der Waals surface area contributed by atoms with Gasteiger partial charge in [0, 0.05) is 128 Å². The zero-order chi connectivity index (χ0) is 91.6. The minimum absolute atomic E-state index is 0.0124. The van der Waals surface area contributed by atoms with Gasteiger partial charge in [-0.05, 0) is 116 Å². The zero-order valence-electron chi connectivity index (χ0n) is 75.5. The summed E-state index contributed by atoms with van der Waals surface area (Å²) in [6.45, 7) is 19.0. The predicted molar refractivity (Wildman–Crippen MR) is 475 cm³/mol. The van der Waals surface area contributed by atoms with Gasteiger partial charge in [0.05, 0.1) is 82.1 Å². The molecule has 10 N–H and O–H groups in total. The highest BCUT2D eigenvalue weighted by Crippen LogP contribution is 2.32. The number of anilines is 1. The van der Waals surface area contributed by atoms with Gasteiger partial charge >= 0.3 is 18.1 Å². The van der Waals surface area contributed by atoms with Gasteiger partial charge in [-0.25, -0.2) is 19.6 Å². The number of thiazole rings is 1. The molecule has 0 unspecified atom stereocenters. The number of para-hydroxylation sites is 1. The van der Waals surface area contributed by atoms with E-state index in [1.54, 1.807) is 101 Å². The van der Waals surface area contributed by atoms with E-state index in [4.69, 9.17) is 34.5 Å². The summed E-state index contributed by atoms with van der Waals surface area (Å²) in [4.78, 5) is 178. The van der Waals surface area contributed by atoms with Gasteiger partial charge in [0.25, 0.3) is 0 Å². The molecular weight excluding hydrogens is 1630 g/mol. The van der Waals surface area contributed by atoms with Crippen LogP contribution in [0.4, 0.5) is 15.3 Å². The first-order valence-electron chi connectivity index (χ1n) is 43.7. The highest BCUT2D eigenvalue weighted by atomic mass is 32.1. The number of nitrogens with zero attached hydrogens (tertiary/aromatic N) is 8. The molecule has 0 radical (unpaired) electrons. The van der Waals surface area contributed by atoms with E-state index in [0.717, 1.165) is 27.2 Å². The molecule has 35 heteroatoms. The lowest BCUT2D eigenvalue weighted by atomic mass is 9.89. The van der Waals surface area contributed by atoms with Crippen LogP contribution < -0.4 is 43.1 Å². The molecule has 0 spiro atoms. The van der Waals surface area contributed by atoms with E-state index in [0.29, 0.717) is 82.5 Å². The topological polar surface area (TPSA) is 419 Å². The van der Waals surface area contributed by atoms with Crippen molar-refractivity contribution in [3.05, 3.63) is 118 Å². The van der Waals surface area contributed by atoms with Crippen molar-refractivity contribution in [2.24, 2.45) is 35.3 Å². The number of carboxylic acids is 1. The number of carbonyl (C=O) groups excluding carboxylic acids is 11. The van der Waals surface area contributed by atoms with Crippen molar-refractivity contribution in [2.45, 2.75) is 226 Å². The molecule has 5 aromatic rings. The third kappa shape index (κ3) is 30.8. The lowest BCUT2D eigenvalue weighted by Gasteiger charge is -2.41. The SMILES string of the molecule is CC[C@H](C)[C@@H]([C@@H](CC(=O)N1CCC[C@H]1[C@H](OC)[C@@H](C)C(=O)N[C@@H](Cc1ccccc1)c1nccs1)OC)N(C)C(=O)[C@@H](NC(=O)[C@H](C(C)C)N(C)C(=O)OCc1ccc(NC(=O)[C@H](CCCNC(N)=O)NC(=O)[C@@H](NC(=O)CCC(=O)N(CCOCCOCCC(=O)O)C2CCN(C(=O)CCn3c(CN(C)NC)cc4ccccc43)CC2)C(C)C)cc1)C(C)C. The van der Waals surface area contributed by atoms with E-state index >= 15 is 0 Å². The number of urea groups is 1. The highest BCUT2D eigenvalue weighted by molar-refractivity contribution is 7.09. The van der Waals surface area contributed by atoms with Crippen molar-refractivity contribution in [2.75, 3.05) is 107 Å². The smallest absolute Gasteiger partial charge is 0.410 e. The Kier molecular flexibility index (Phi) is 41.9. The Morgan fingerprint density at radius 2 is 1.37 bits per heavy atom. The van der Waals surface area contributed by atoms with E-state index in [1.807, 2.05) is 98.7 Å². The largest absolute Gasteiger partial charge is 0.481 e. The van der Waals surface area contributed by atoms with E-state index in [1.165, 1.54) is 30.4 Å². The number of aromatic nitrogens is 2. The maximum Gasteiger partial charge on any atom is 0.410 e. The third-order valence-corrected chi connectivity index (χ3v) is 24.5. The maximum absolute atomic E-state index is 15.0. The van der Waals surface area contributed by atoms with Crippen LogP contribution in [0.5, 0.6) is 0 Å². The van der Waals surface area contributed by atoms with Crippen LogP contribution in [-0.4, -0.2) is 271 Å². The number of piperidine rings is 1. The van der Waals surface area contributed by atoms with Gasteiger partial charge in [-0.3, -0.25) is 58.3 Å². The number of likely N-dealkylation sites (N-methyl/N-ethyl adjacent to an activating group) is 2. The molecular formula is C90H136N16O18S. The van der Waals surface area contributed by atoms with Crippen molar-refractivity contribution in [3.8, 4) is 0 Å². The lowest BCUT2D eigenvalue weighted by molar-refractivity contribution is -0.148. The average Bonchev–Trinajstić information content (AvgIpc) is 1.61.